The predicted octanol–water partition coefficient (Wildman–Crippen LogP) is 0.0374. The summed E-state index contributed by atoms with van der Waals surface area (Å²) in [5.41, 5.74) is 4.78. The van der Waals surface area contributed by atoms with Gasteiger partial charge < -0.3 is 10.6 Å². The zero-order valence-electron chi connectivity index (χ0n) is 3.84. The zero-order chi connectivity index (χ0) is 6.57. The molecule has 8 heavy (non-hydrogen) atoms. The lowest BCUT2D eigenvalue weighted by Crippen LogP contribution is -2.08. The molecule has 0 bridgehead atoms. The number of thioether (sulfide) groups is 1. The molecule has 0 rings (SSSR count). The molecule has 0 radical (unpaired) electrons. The number of nitrogens with two attached hydrogens (primary N) is 1. The summed E-state index contributed by atoms with van der Waals surface area (Å²) in [6.45, 7) is 0. The second-order valence-corrected chi connectivity index (χ2v) is 1.86. The summed E-state index contributed by atoms with van der Waals surface area (Å²) >= 11 is 0.527. The van der Waals surface area contributed by atoms with Crippen molar-refractivity contribution in [3.8, 4) is 0 Å². The van der Waals surface area contributed by atoms with Crippen molar-refractivity contribution >= 4 is 22.2 Å². The molecule has 0 aliphatic heterocycles. The number of amidine groups is 1. The van der Waals surface area contributed by atoms with Crippen molar-refractivity contribution < 1.29 is 10.1 Å². The molecule has 0 unspecified atom stereocenters. The van der Waals surface area contributed by atoms with Gasteiger partial charge in [-0.1, -0.05) is 0 Å². The number of nitrogens with one attached hydrogen (secondary N) is 2. The summed E-state index contributed by atoms with van der Waals surface area (Å²) in [5, 5.41) is 20.0. The number of hydrogen-bond acceptors (Lipinski definition) is 5. The second kappa shape index (κ2) is 3.28. The molecule has 0 spiro atoms. The first-order valence-electron chi connectivity index (χ1n) is 1.58. The maximum absolute atomic E-state index is 7.69. The van der Waals surface area contributed by atoms with Crippen LogP contribution in [-0.4, -0.2) is 15.7 Å². The Morgan fingerprint density at radius 3 is 2.25 bits per heavy atom. The molecule has 0 fully saturated rings. The van der Waals surface area contributed by atoms with Crippen LogP contribution in [0.4, 0.5) is 0 Å². The van der Waals surface area contributed by atoms with E-state index in [4.69, 9.17) is 21.8 Å². The normalized spacial score (nSPS) is 8.12. The zero-order valence-corrected chi connectivity index (χ0v) is 4.66. The van der Waals surface area contributed by atoms with Gasteiger partial charge >= 0.3 is 0 Å². The summed E-state index contributed by atoms with van der Waals surface area (Å²) in [4.78, 5) is 3.39. The summed E-state index contributed by atoms with van der Waals surface area (Å²) in [6, 6.07) is 0. The van der Waals surface area contributed by atoms with Crippen LogP contribution in [0.15, 0.2) is 0 Å². The molecule has 0 aromatic rings. The molecule has 0 aliphatic rings. The fourth-order valence-electron chi connectivity index (χ4n) is 0.119. The van der Waals surface area contributed by atoms with Gasteiger partial charge in [0.25, 0.3) is 5.23 Å². The fourth-order valence-corrected chi connectivity index (χ4v) is 0.356. The van der Waals surface area contributed by atoms with Crippen molar-refractivity contribution in [1.29, 1.82) is 10.8 Å². The van der Waals surface area contributed by atoms with E-state index in [-0.39, 0.29) is 5.17 Å². The molecule has 0 saturated carbocycles. The van der Waals surface area contributed by atoms with E-state index in [0.29, 0.717) is 11.8 Å². The minimum atomic E-state index is -0.502. The van der Waals surface area contributed by atoms with Gasteiger partial charge in [-0.25, -0.2) is 5.26 Å². The molecule has 5 N–H and O–H groups in total. The Morgan fingerprint density at radius 2 is 2.12 bits per heavy atom. The van der Waals surface area contributed by atoms with E-state index in [1.807, 2.05) is 0 Å². The van der Waals surface area contributed by atoms with Gasteiger partial charge in [0.05, 0.1) is 0 Å². The third-order valence-corrected chi connectivity index (χ3v) is 0.765. The highest BCUT2D eigenvalue weighted by Gasteiger charge is 1.97. The largest absolute Gasteiger partial charge is 0.378 e. The molecule has 0 aliphatic carbocycles. The summed E-state index contributed by atoms with van der Waals surface area (Å²) in [7, 11) is 0. The average Bonchev–Trinajstić information content (AvgIpc) is 1.65. The Balaban J connectivity index is 3.40. The molecule has 46 valence electrons. The molecule has 0 atom stereocenters. The molecule has 0 heterocycles. The molecule has 6 heteroatoms. The molecule has 0 aromatic carbocycles. The number of hydrogen-bond donors (Lipinski definition) is 4. The Hall–Kier alpha value is -0.750. The molecule has 0 saturated heterocycles. The van der Waals surface area contributed by atoms with E-state index < -0.39 is 5.23 Å². The SMILES string of the molecule is N=C(N)SC(=N)OO. The van der Waals surface area contributed by atoms with Gasteiger partial charge in [-0.15, -0.1) is 0 Å². The van der Waals surface area contributed by atoms with Crippen molar-refractivity contribution in [2.24, 2.45) is 5.73 Å². The van der Waals surface area contributed by atoms with Crippen molar-refractivity contribution in [1.82, 2.24) is 0 Å². The van der Waals surface area contributed by atoms with E-state index in [9.17, 15) is 0 Å². The molecular formula is C2H5N3O2S. The third kappa shape index (κ3) is 3.44. The first-order chi connectivity index (χ1) is 3.66. The predicted molar refractivity (Wildman–Crippen MR) is 30.9 cm³/mol. The van der Waals surface area contributed by atoms with E-state index in [0.717, 1.165) is 0 Å². The minimum absolute atomic E-state index is 0.288. The van der Waals surface area contributed by atoms with Gasteiger partial charge in [0.1, 0.15) is 0 Å². The van der Waals surface area contributed by atoms with Crippen molar-refractivity contribution in [3.63, 3.8) is 0 Å². The van der Waals surface area contributed by atoms with Crippen LogP contribution in [-0.2, 0) is 4.89 Å². The third-order valence-electron chi connectivity index (χ3n) is 0.286. The Morgan fingerprint density at radius 1 is 1.62 bits per heavy atom. The van der Waals surface area contributed by atoms with E-state index >= 15 is 0 Å². The van der Waals surface area contributed by atoms with Crippen LogP contribution >= 0.6 is 11.8 Å². The Bertz CT molecular complexity index is 114. The summed E-state index contributed by atoms with van der Waals surface area (Å²) < 4.78 is 0. The summed E-state index contributed by atoms with van der Waals surface area (Å²) in [5.74, 6) is 0. The lowest BCUT2D eigenvalue weighted by atomic mass is 11.4. The molecule has 0 amide bonds. The van der Waals surface area contributed by atoms with Crippen LogP contribution in [0.3, 0.4) is 0 Å². The quantitative estimate of drug-likeness (QED) is 0.163. The van der Waals surface area contributed by atoms with Crippen LogP contribution in [0.2, 0.25) is 0 Å². The van der Waals surface area contributed by atoms with E-state index in [2.05, 4.69) is 4.89 Å². The van der Waals surface area contributed by atoms with Crippen molar-refractivity contribution in [2.45, 2.75) is 0 Å². The van der Waals surface area contributed by atoms with Crippen LogP contribution in [0.5, 0.6) is 0 Å². The molecular weight excluding hydrogens is 130 g/mol. The second-order valence-electron chi connectivity index (χ2n) is 0.845. The van der Waals surface area contributed by atoms with Gasteiger partial charge in [-0.2, -0.15) is 0 Å². The van der Waals surface area contributed by atoms with E-state index in [1.54, 1.807) is 0 Å². The Kier molecular flexibility index (Phi) is 2.97. The first-order valence-corrected chi connectivity index (χ1v) is 2.40. The fraction of sp³-hybridized carbons (Fsp3) is 0. The average molecular weight is 135 g/mol. The molecule has 5 nitrogen and oxygen atoms in total. The minimum Gasteiger partial charge on any atom is -0.378 e. The van der Waals surface area contributed by atoms with E-state index in [1.165, 1.54) is 0 Å². The number of rotatable bonds is 0. The standard InChI is InChI=1S/C2H5N3O2S/c3-1(4)8-2(5)7-6/h5-6H,(H3,3,4). The molecule has 0 aromatic heterocycles. The highest BCUT2D eigenvalue weighted by Crippen LogP contribution is 1.98. The van der Waals surface area contributed by atoms with Crippen LogP contribution in [0.1, 0.15) is 0 Å². The van der Waals surface area contributed by atoms with Gasteiger partial charge in [-0.05, 0) is 0 Å². The lowest BCUT2D eigenvalue weighted by molar-refractivity contribution is -0.151. The maximum atomic E-state index is 7.69. The van der Waals surface area contributed by atoms with Gasteiger partial charge in [0.15, 0.2) is 5.17 Å². The van der Waals surface area contributed by atoms with Crippen LogP contribution in [0, 0.1) is 10.8 Å². The highest BCUT2D eigenvalue weighted by molar-refractivity contribution is 8.25. The smallest absolute Gasteiger partial charge is 0.291 e. The topological polar surface area (TPSA) is 103 Å². The highest BCUT2D eigenvalue weighted by atomic mass is 32.2. The Labute approximate surface area is 49.8 Å². The van der Waals surface area contributed by atoms with Gasteiger partial charge in [0.2, 0.25) is 0 Å². The lowest BCUT2D eigenvalue weighted by Gasteiger charge is -1.92. The maximum Gasteiger partial charge on any atom is 0.291 e. The monoisotopic (exact) mass is 135 g/mol. The van der Waals surface area contributed by atoms with Crippen LogP contribution < -0.4 is 5.73 Å². The summed E-state index contributed by atoms with van der Waals surface area (Å²) in [6.07, 6.45) is 0. The van der Waals surface area contributed by atoms with Gasteiger partial charge in [-0.3, -0.25) is 10.8 Å². The van der Waals surface area contributed by atoms with Crippen LogP contribution in [0.25, 0.3) is 0 Å². The first kappa shape index (κ1) is 7.25. The van der Waals surface area contributed by atoms with Crippen molar-refractivity contribution in [2.75, 3.05) is 0 Å². The van der Waals surface area contributed by atoms with Crippen molar-refractivity contribution in [3.05, 3.63) is 0 Å². The van der Waals surface area contributed by atoms with Gasteiger partial charge in [0, 0.05) is 11.8 Å².